The lowest BCUT2D eigenvalue weighted by atomic mass is 9.55. The number of unbranched alkanes of at least 4 members (excludes halogenated alkanes) is 11. The number of nitrogens with zero attached hydrogens (tertiary/aromatic N) is 3. The van der Waals surface area contributed by atoms with Gasteiger partial charge in [0.2, 0.25) is 5.79 Å². The highest BCUT2D eigenvalue weighted by atomic mass is 16.7. The molecule has 3 aromatic rings. The Labute approximate surface area is 450 Å². The van der Waals surface area contributed by atoms with Crippen molar-refractivity contribution in [2.24, 2.45) is 22.9 Å². The Morgan fingerprint density at radius 3 is 2.24 bits per heavy atom. The molecule has 2 amide bonds. The molecule has 76 heavy (non-hydrogen) atoms. The van der Waals surface area contributed by atoms with Gasteiger partial charge in [0.05, 0.1) is 36.4 Å². The fraction of sp³-hybridized carbons (Fsp3) is 0.583. The molecule has 16 heteroatoms. The lowest BCUT2D eigenvalue weighted by molar-refractivity contribution is -0.384. The Bertz CT molecular complexity index is 2310. The van der Waals surface area contributed by atoms with Crippen LogP contribution in [-0.2, 0) is 32.3 Å². The number of oxime groups is 1. The van der Waals surface area contributed by atoms with Crippen LogP contribution >= 0.6 is 0 Å². The van der Waals surface area contributed by atoms with Gasteiger partial charge in [0.1, 0.15) is 30.8 Å². The number of fused-ring (bicyclic) bond motifs is 2. The number of hydrogen-bond acceptors (Lipinski definition) is 13. The van der Waals surface area contributed by atoms with E-state index < -0.39 is 34.9 Å². The van der Waals surface area contributed by atoms with E-state index in [0.29, 0.717) is 61.6 Å². The third kappa shape index (κ3) is 16.8. The lowest BCUT2D eigenvalue weighted by Crippen LogP contribution is -2.70. The zero-order valence-electron chi connectivity index (χ0n) is 45.1. The van der Waals surface area contributed by atoms with Crippen molar-refractivity contribution in [3.8, 4) is 11.5 Å². The van der Waals surface area contributed by atoms with E-state index in [0.717, 1.165) is 55.2 Å². The molecule has 6 atom stereocenters. The number of amides is 2. The predicted molar refractivity (Wildman–Crippen MR) is 293 cm³/mol. The summed E-state index contributed by atoms with van der Waals surface area (Å²) < 4.78 is 32.4. The van der Waals surface area contributed by atoms with Gasteiger partial charge in [-0.3, -0.25) is 15.0 Å². The summed E-state index contributed by atoms with van der Waals surface area (Å²) in [6, 6.07) is 20.5. The van der Waals surface area contributed by atoms with Crippen LogP contribution in [0.5, 0.6) is 11.5 Å². The number of aliphatic hydroxyl groups excluding tert-OH is 2. The Balaban J connectivity index is 1.37. The average Bonchev–Trinajstić information content (AvgIpc) is 3.55. The molecule has 1 aliphatic heterocycles. The summed E-state index contributed by atoms with van der Waals surface area (Å²) in [6.45, 7) is 9.74. The topological polar surface area (TPSA) is 201 Å². The van der Waals surface area contributed by atoms with Gasteiger partial charge in [-0.2, -0.15) is 0 Å². The number of allylic oxidation sites excluding steroid dienone is 1. The van der Waals surface area contributed by atoms with Crippen LogP contribution in [0, 0.1) is 27.9 Å². The Morgan fingerprint density at radius 2 is 1.55 bits per heavy atom. The second-order valence-corrected chi connectivity index (χ2v) is 20.3. The molecule has 3 aromatic carbocycles. The van der Waals surface area contributed by atoms with Crippen LogP contribution in [0.1, 0.15) is 152 Å². The molecule has 0 unspecified atom stereocenters. The number of rotatable bonds is 35. The highest BCUT2D eigenvalue weighted by Gasteiger charge is 2.65. The van der Waals surface area contributed by atoms with Crippen molar-refractivity contribution >= 4 is 23.6 Å². The van der Waals surface area contributed by atoms with E-state index in [1.165, 1.54) is 57.1 Å². The molecule has 0 aromatic heterocycles. The van der Waals surface area contributed by atoms with Crippen molar-refractivity contribution in [2.75, 3.05) is 46.1 Å². The first-order valence-electron chi connectivity index (χ1n) is 28.1. The monoisotopic (exact) mass is 1050 g/mol. The number of aliphatic hydroxyl groups is 2. The van der Waals surface area contributed by atoms with Crippen LogP contribution in [0.15, 0.2) is 102 Å². The number of nitro benzene ring substituents is 1. The molecule has 3 N–H and O–H groups in total. The number of nitrogens with one attached hydrogen (secondary N) is 1. The molecule has 3 aliphatic rings. The predicted octanol–water partition coefficient (Wildman–Crippen LogP) is 12.5. The molecule has 2 aliphatic carbocycles. The average molecular weight is 1050 g/mol. The molecule has 0 saturated heterocycles. The second kappa shape index (κ2) is 32.1. The molecule has 416 valence electrons. The molecule has 6 rings (SSSR count). The largest absolute Gasteiger partial charge is 0.459 e. The summed E-state index contributed by atoms with van der Waals surface area (Å²) in [5, 5.41) is 39.4. The lowest BCUT2D eigenvalue weighted by Gasteiger charge is -2.59. The van der Waals surface area contributed by atoms with Crippen molar-refractivity contribution in [1.82, 2.24) is 10.2 Å². The zero-order valence-corrected chi connectivity index (χ0v) is 45.1. The first kappa shape index (κ1) is 59.4. The molecular weight excluding hydrogens is 969 g/mol. The number of benzene rings is 3. The Hall–Kier alpha value is -5.81. The maximum Gasteiger partial charge on any atom is 0.412 e. The minimum atomic E-state index is -1.53. The number of nitro groups is 1. The SMILES string of the molecule is C=CCO[C@@]12Oc3ccc(OC(=O)NCCCCCCCCCCCC)cc3[C@H]3[C@H](CCCCO)[C@@H](CCCCO)C=C(C(=NOCc4ccc([N+](=O)[O-])cc4)C[C@@H]1N(CCC)C(=O)OCCOCc1ccccc1)[C@H]32. The van der Waals surface area contributed by atoms with Crippen LogP contribution in [0.25, 0.3) is 0 Å². The Morgan fingerprint density at radius 1 is 0.855 bits per heavy atom. The first-order chi connectivity index (χ1) is 37.2. The van der Waals surface area contributed by atoms with Gasteiger partial charge in [0.15, 0.2) is 0 Å². The zero-order chi connectivity index (χ0) is 54.0. The molecule has 1 fully saturated rings. The smallest absolute Gasteiger partial charge is 0.412 e. The van der Waals surface area contributed by atoms with E-state index in [-0.39, 0.29) is 76.0 Å². The molecule has 1 saturated carbocycles. The molecule has 0 radical (unpaired) electrons. The van der Waals surface area contributed by atoms with Gasteiger partial charge in [-0.1, -0.05) is 132 Å². The third-order valence-electron chi connectivity index (χ3n) is 14.8. The minimum Gasteiger partial charge on any atom is -0.459 e. The number of carbonyl (C=O) groups is 2. The standard InChI is InChI=1S/C60H84N4O12/c1-4-7-8-9-10-11-12-13-14-20-33-61-58(67)75-49-31-32-54-52(41-49)56-50(26-19-22-36-66)47(25-18-21-35-65)40-51-53(62-74-44-46-27-29-48(30-28-46)64(69)70)42-55(60(76-54,57(51)56)73-37-6-3)63(34-5-2)59(68)72-39-38-71-43-45-23-16-15-17-24-45/h6,15-17,23-24,27-32,40-41,47,50,55-57,65-66H,3-5,7-14,18-22,25-26,33-39,42-44H2,1-2H3,(H,61,67)/t47-,50+,55-,56+,57+,60+/m0/s1. The summed E-state index contributed by atoms with van der Waals surface area (Å²) in [4.78, 5) is 47.0. The van der Waals surface area contributed by atoms with Gasteiger partial charge in [0, 0.05) is 56.3 Å². The number of ether oxygens (including phenoxy) is 5. The van der Waals surface area contributed by atoms with Crippen molar-refractivity contribution in [1.29, 1.82) is 0 Å². The van der Waals surface area contributed by atoms with Crippen LogP contribution in [0.4, 0.5) is 15.3 Å². The fourth-order valence-electron chi connectivity index (χ4n) is 11.2. The summed E-state index contributed by atoms with van der Waals surface area (Å²) in [6.07, 6.45) is 19.5. The molecule has 1 heterocycles. The van der Waals surface area contributed by atoms with Crippen LogP contribution < -0.4 is 14.8 Å². The van der Waals surface area contributed by atoms with Crippen LogP contribution in [-0.4, -0.2) is 95.9 Å². The molecular formula is C60H84N4O12. The third-order valence-corrected chi connectivity index (χ3v) is 14.8. The Kier molecular flexibility index (Phi) is 25.1. The van der Waals surface area contributed by atoms with Gasteiger partial charge in [-0.25, -0.2) is 9.59 Å². The quantitative estimate of drug-likeness (QED) is 0.0218. The normalized spacial score (nSPS) is 20.9. The maximum absolute atomic E-state index is 14.7. The van der Waals surface area contributed by atoms with Gasteiger partial charge in [0.25, 0.3) is 5.69 Å². The summed E-state index contributed by atoms with van der Waals surface area (Å²) >= 11 is 0. The fourth-order valence-corrected chi connectivity index (χ4v) is 11.2. The van der Waals surface area contributed by atoms with Gasteiger partial charge >= 0.3 is 12.2 Å². The highest BCUT2D eigenvalue weighted by Crippen LogP contribution is 2.62. The highest BCUT2D eigenvalue weighted by molar-refractivity contribution is 6.03. The number of hydrogen-bond donors (Lipinski definition) is 3. The minimum absolute atomic E-state index is 0.00261. The first-order valence-corrected chi connectivity index (χ1v) is 28.1. The van der Waals surface area contributed by atoms with E-state index in [1.807, 2.05) is 49.4 Å². The number of carbonyl (C=O) groups excluding carboxylic acids is 2. The maximum atomic E-state index is 14.7. The van der Waals surface area contributed by atoms with E-state index in [1.54, 1.807) is 29.2 Å². The number of non-ortho nitro benzene ring substituents is 1. The second-order valence-electron chi connectivity index (χ2n) is 20.3. The van der Waals surface area contributed by atoms with Crippen molar-refractivity contribution in [2.45, 2.75) is 160 Å². The van der Waals surface area contributed by atoms with Gasteiger partial charge in [-0.05, 0) is 97.4 Å². The van der Waals surface area contributed by atoms with Crippen molar-refractivity contribution in [3.63, 3.8) is 0 Å². The summed E-state index contributed by atoms with van der Waals surface area (Å²) in [5.74, 6) is -1.75. The summed E-state index contributed by atoms with van der Waals surface area (Å²) in [5.41, 5.74) is 3.84. The van der Waals surface area contributed by atoms with E-state index >= 15 is 0 Å². The molecule has 0 spiro atoms. The molecule has 0 bridgehead atoms. The van der Waals surface area contributed by atoms with E-state index in [4.69, 9.17) is 33.7 Å². The van der Waals surface area contributed by atoms with Crippen molar-refractivity contribution in [3.05, 3.63) is 124 Å². The van der Waals surface area contributed by atoms with E-state index in [2.05, 4.69) is 24.9 Å². The van der Waals surface area contributed by atoms with Crippen LogP contribution in [0.3, 0.4) is 0 Å². The van der Waals surface area contributed by atoms with Gasteiger partial charge < -0.3 is 44.1 Å². The van der Waals surface area contributed by atoms with Crippen LogP contribution in [0.2, 0.25) is 0 Å². The van der Waals surface area contributed by atoms with E-state index in [9.17, 15) is 29.9 Å². The van der Waals surface area contributed by atoms with Crippen molar-refractivity contribution < 1.29 is 53.2 Å². The molecule has 16 nitrogen and oxygen atoms in total. The summed E-state index contributed by atoms with van der Waals surface area (Å²) in [7, 11) is 0. The van der Waals surface area contributed by atoms with Gasteiger partial charge in [-0.15, -0.1) is 6.58 Å².